The van der Waals surface area contributed by atoms with Crippen LogP contribution in [0.4, 0.5) is 14.6 Å². The predicted molar refractivity (Wildman–Crippen MR) is 120 cm³/mol. The second-order valence-corrected chi connectivity index (χ2v) is 7.82. The Labute approximate surface area is 192 Å². The Balaban J connectivity index is 1.68. The molecule has 172 valence electrons. The van der Waals surface area contributed by atoms with Crippen LogP contribution < -0.4 is 10.6 Å². The summed E-state index contributed by atoms with van der Waals surface area (Å²) in [5.41, 5.74) is 1.82. The van der Waals surface area contributed by atoms with E-state index in [1.165, 1.54) is 24.1 Å². The Morgan fingerprint density at radius 2 is 2.03 bits per heavy atom. The molecular formula is C21H21F2N7O2S. The Bertz CT molecular complexity index is 1200. The van der Waals surface area contributed by atoms with Crippen LogP contribution in [0.15, 0.2) is 53.4 Å². The van der Waals surface area contributed by atoms with Gasteiger partial charge in [0.05, 0.1) is 25.0 Å². The molecule has 12 heteroatoms. The molecule has 0 unspecified atom stereocenters. The molecular weight excluding hydrogens is 452 g/mol. The zero-order valence-electron chi connectivity index (χ0n) is 17.6. The van der Waals surface area contributed by atoms with Crippen molar-refractivity contribution < 1.29 is 18.4 Å². The second kappa shape index (κ2) is 10.5. The average molecular weight is 474 g/mol. The van der Waals surface area contributed by atoms with Gasteiger partial charge >= 0.3 is 0 Å². The van der Waals surface area contributed by atoms with Gasteiger partial charge in [-0.2, -0.15) is 5.10 Å². The van der Waals surface area contributed by atoms with Crippen LogP contribution in [0.5, 0.6) is 0 Å². The highest BCUT2D eigenvalue weighted by molar-refractivity contribution is 7.98. The van der Waals surface area contributed by atoms with E-state index < -0.39 is 12.0 Å². The number of hydrogen-bond acceptors (Lipinski definition) is 9. The SMILES string of the molecule is CSCN[C@H](CO)Nc1nc(-c2cc(-c3ccon3)n(Cc3ccccc3F)n2)ncc1F. The zero-order valence-corrected chi connectivity index (χ0v) is 18.4. The third-order valence-corrected chi connectivity index (χ3v) is 5.15. The van der Waals surface area contributed by atoms with Crippen molar-refractivity contribution in [2.75, 3.05) is 24.1 Å². The fourth-order valence-electron chi connectivity index (χ4n) is 3.09. The number of hydrogen-bond donors (Lipinski definition) is 3. The molecule has 0 amide bonds. The summed E-state index contributed by atoms with van der Waals surface area (Å²) in [6.07, 6.45) is 3.75. The molecule has 0 bridgehead atoms. The molecule has 0 aliphatic carbocycles. The van der Waals surface area contributed by atoms with Crippen molar-refractivity contribution in [2.24, 2.45) is 0 Å². The molecule has 0 saturated heterocycles. The van der Waals surface area contributed by atoms with E-state index in [9.17, 15) is 13.9 Å². The molecule has 0 aliphatic heterocycles. The van der Waals surface area contributed by atoms with E-state index in [4.69, 9.17) is 4.52 Å². The first kappa shape index (κ1) is 22.8. The number of thioether (sulfide) groups is 1. The molecule has 0 spiro atoms. The number of nitrogens with one attached hydrogen (secondary N) is 2. The molecule has 1 aromatic carbocycles. The quantitative estimate of drug-likeness (QED) is 0.299. The summed E-state index contributed by atoms with van der Waals surface area (Å²) >= 11 is 1.52. The molecule has 0 saturated carbocycles. The molecule has 3 heterocycles. The third kappa shape index (κ3) is 5.35. The molecule has 0 aliphatic rings. The second-order valence-electron chi connectivity index (χ2n) is 6.96. The molecule has 3 N–H and O–H groups in total. The minimum absolute atomic E-state index is 0.0840. The van der Waals surface area contributed by atoms with Crippen LogP contribution in [0.3, 0.4) is 0 Å². The number of benzene rings is 1. The first-order valence-corrected chi connectivity index (χ1v) is 11.3. The highest BCUT2D eigenvalue weighted by atomic mass is 32.2. The topological polar surface area (TPSA) is 114 Å². The minimum Gasteiger partial charge on any atom is -0.393 e. The molecule has 33 heavy (non-hydrogen) atoms. The molecule has 9 nitrogen and oxygen atoms in total. The maximum absolute atomic E-state index is 14.4. The van der Waals surface area contributed by atoms with Crippen LogP contribution in [0.1, 0.15) is 5.56 Å². The lowest BCUT2D eigenvalue weighted by atomic mass is 10.2. The van der Waals surface area contributed by atoms with Gasteiger partial charge in [0.1, 0.15) is 29.6 Å². The van der Waals surface area contributed by atoms with E-state index >= 15 is 0 Å². The van der Waals surface area contributed by atoms with Gasteiger partial charge in [0.15, 0.2) is 17.5 Å². The van der Waals surface area contributed by atoms with Gasteiger partial charge in [-0.1, -0.05) is 23.4 Å². The summed E-state index contributed by atoms with van der Waals surface area (Å²) in [6, 6.07) is 9.71. The fourth-order valence-corrected chi connectivity index (χ4v) is 3.46. The maximum atomic E-state index is 14.4. The first-order valence-electron chi connectivity index (χ1n) is 9.93. The van der Waals surface area contributed by atoms with Crippen LogP contribution in [-0.4, -0.2) is 54.9 Å². The van der Waals surface area contributed by atoms with Gasteiger partial charge in [0.25, 0.3) is 0 Å². The summed E-state index contributed by atoms with van der Waals surface area (Å²) < 4.78 is 35.1. The molecule has 4 rings (SSSR count). The van der Waals surface area contributed by atoms with E-state index in [1.54, 1.807) is 35.0 Å². The molecule has 1 atom stereocenters. The van der Waals surface area contributed by atoms with Crippen molar-refractivity contribution in [1.29, 1.82) is 0 Å². The van der Waals surface area contributed by atoms with Crippen molar-refractivity contribution in [2.45, 2.75) is 12.7 Å². The van der Waals surface area contributed by atoms with Crippen LogP contribution in [0, 0.1) is 11.6 Å². The minimum atomic E-state index is -0.675. The first-order chi connectivity index (χ1) is 16.1. The van der Waals surface area contributed by atoms with Crippen molar-refractivity contribution in [3.8, 4) is 22.9 Å². The third-order valence-electron chi connectivity index (χ3n) is 4.70. The molecule has 4 aromatic rings. The number of aliphatic hydroxyl groups excluding tert-OH is 1. The van der Waals surface area contributed by atoms with Crippen molar-refractivity contribution >= 4 is 17.6 Å². The molecule has 0 fully saturated rings. The number of aliphatic hydroxyl groups is 1. The fraction of sp³-hybridized carbons (Fsp3) is 0.238. The van der Waals surface area contributed by atoms with E-state index in [0.29, 0.717) is 28.5 Å². The number of anilines is 1. The number of rotatable bonds is 10. The van der Waals surface area contributed by atoms with Crippen LogP contribution in [-0.2, 0) is 6.54 Å². The van der Waals surface area contributed by atoms with Gasteiger partial charge in [-0.15, -0.1) is 11.8 Å². The normalized spacial score (nSPS) is 12.1. The van der Waals surface area contributed by atoms with Gasteiger partial charge in [0.2, 0.25) is 0 Å². The van der Waals surface area contributed by atoms with Crippen LogP contribution in [0.25, 0.3) is 22.9 Å². The zero-order chi connectivity index (χ0) is 23.2. The highest BCUT2D eigenvalue weighted by Gasteiger charge is 2.19. The van der Waals surface area contributed by atoms with Gasteiger partial charge in [-0.25, -0.2) is 18.7 Å². The summed E-state index contributed by atoms with van der Waals surface area (Å²) in [5, 5.41) is 23.8. The van der Waals surface area contributed by atoms with E-state index in [1.807, 2.05) is 6.26 Å². The van der Waals surface area contributed by atoms with Crippen LogP contribution >= 0.6 is 11.8 Å². The Hall–Kier alpha value is -3.35. The Morgan fingerprint density at radius 3 is 2.76 bits per heavy atom. The smallest absolute Gasteiger partial charge is 0.183 e. The van der Waals surface area contributed by atoms with E-state index in [2.05, 4.69) is 30.9 Å². The van der Waals surface area contributed by atoms with Crippen molar-refractivity contribution in [1.82, 2.24) is 30.2 Å². The summed E-state index contributed by atoms with van der Waals surface area (Å²) in [6.45, 7) is -0.140. The average Bonchev–Trinajstić information content (AvgIpc) is 3.49. The standard InChI is InChI=1S/C21H21F2N7O2S/c1-33-12-25-19(11-31)26-20-15(23)9-24-21(27-20)17-8-18(16-6-7-32-29-16)30(28-17)10-13-4-2-3-5-14(13)22/h2-9,19,25,31H,10-12H2,1H3,(H,24,26,27)/t19-/m0/s1. The lowest BCUT2D eigenvalue weighted by Crippen LogP contribution is -2.39. The van der Waals surface area contributed by atoms with Crippen molar-refractivity contribution in [3.05, 3.63) is 66.1 Å². The summed E-state index contributed by atoms with van der Waals surface area (Å²) in [5.74, 6) is -0.417. The van der Waals surface area contributed by atoms with Gasteiger partial charge in [-0.3, -0.25) is 10.00 Å². The van der Waals surface area contributed by atoms with Gasteiger partial charge in [-0.05, 0) is 18.4 Å². The van der Waals surface area contributed by atoms with Gasteiger partial charge in [0, 0.05) is 17.5 Å². The Kier molecular flexibility index (Phi) is 7.27. The lowest BCUT2D eigenvalue weighted by Gasteiger charge is -2.18. The number of aromatic nitrogens is 5. The summed E-state index contributed by atoms with van der Waals surface area (Å²) in [7, 11) is 0. The monoisotopic (exact) mass is 473 g/mol. The largest absolute Gasteiger partial charge is 0.393 e. The van der Waals surface area contributed by atoms with Crippen molar-refractivity contribution in [3.63, 3.8) is 0 Å². The molecule has 0 radical (unpaired) electrons. The van der Waals surface area contributed by atoms with Gasteiger partial charge < -0.3 is 14.9 Å². The predicted octanol–water partition coefficient (Wildman–Crippen LogP) is 2.96. The Morgan fingerprint density at radius 1 is 1.18 bits per heavy atom. The lowest BCUT2D eigenvalue weighted by molar-refractivity contribution is 0.260. The van der Waals surface area contributed by atoms with Crippen LogP contribution in [0.2, 0.25) is 0 Å². The number of nitrogens with zero attached hydrogens (tertiary/aromatic N) is 5. The number of halogens is 2. The highest BCUT2D eigenvalue weighted by Crippen LogP contribution is 2.26. The summed E-state index contributed by atoms with van der Waals surface area (Å²) in [4.78, 5) is 8.31. The maximum Gasteiger partial charge on any atom is 0.183 e. The molecule has 3 aromatic heterocycles. The van der Waals surface area contributed by atoms with E-state index in [0.717, 1.165) is 6.20 Å². The van der Waals surface area contributed by atoms with E-state index in [-0.39, 0.29) is 30.6 Å².